The average molecular weight is 883 g/mol. The van der Waals surface area contributed by atoms with Crippen molar-refractivity contribution in [3.63, 3.8) is 0 Å². The summed E-state index contributed by atoms with van der Waals surface area (Å²) in [5.41, 5.74) is 0. The Morgan fingerprint density at radius 2 is 0.922 bits per heavy atom. The van der Waals surface area contributed by atoms with Crippen molar-refractivity contribution in [1.29, 1.82) is 0 Å². The van der Waals surface area contributed by atoms with E-state index in [1.807, 2.05) is 26.8 Å². The van der Waals surface area contributed by atoms with E-state index in [0.29, 0.717) is 56.3 Å². The zero-order chi connectivity index (χ0) is 38.1. The van der Waals surface area contributed by atoms with Gasteiger partial charge in [-0.25, -0.2) is 0 Å². The summed E-state index contributed by atoms with van der Waals surface area (Å²) < 4.78 is 17.5. The molecule has 1 radical (unpaired) electrons. The second-order valence-corrected chi connectivity index (χ2v) is 38.6. The molecular formula is C41H79O6S3Sn. The van der Waals surface area contributed by atoms with Gasteiger partial charge < -0.3 is 0 Å². The molecule has 301 valence electrons. The molecule has 0 bridgehead atoms. The minimum absolute atomic E-state index is 0.0148. The number of carbonyl (C=O) groups is 3. The fourth-order valence-electron chi connectivity index (χ4n) is 6.07. The molecule has 0 fully saturated rings. The number of rotatable bonds is 36. The van der Waals surface area contributed by atoms with Crippen LogP contribution in [-0.4, -0.2) is 70.6 Å². The number of esters is 3. The fraction of sp³-hybridized carbons (Fsp3) is 0.927. The molecule has 5 atom stereocenters. The van der Waals surface area contributed by atoms with Gasteiger partial charge in [0.15, 0.2) is 0 Å². The van der Waals surface area contributed by atoms with Gasteiger partial charge in [0.05, 0.1) is 0 Å². The molecule has 0 heterocycles. The third-order valence-corrected chi connectivity index (χ3v) is 37.2. The Morgan fingerprint density at radius 1 is 0.510 bits per heavy atom. The molecule has 0 rings (SSSR count). The van der Waals surface area contributed by atoms with Crippen molar-refractivity contribution in [3.8, 4) is 0 Å². The van der Waals surface area contributed by atoms with Crippen molar-refractivity contribution in [1.82, 2.24) is 0 Å². The molecule has 0 saturated heterocycles. The van der Waals surface area contributed by atoms with Gasteiger partial charge in [-0.05, 0) is 0 Å². The molecule has 6 nitrogen and oxygen atoms in total. The van der Waals surface area contributed by atoms with Crippen LogP contribution >= 0.6 is 26.8 Å². The zero-order valence-electron chi connectivity index (χ0n) is 34.2. The molecule has 0 N–H and O–H groups in total. The van der Waals surface area contributed by atoms with E-state index in [2.05, 4.69) is 55.4 Å². The second-order valence-electron chi connectivity index (χ2n) is 14.3. The summed E-state index contributed by atoms with van der Waals surface area (Å²) in [6.45, 7) is 19.2. The first-order chi connectivity index (χ1) is 24.7. The standard InChI is InChI=1S/C19H38O2S.2C11H22O2S.Sn/c1-5-9-12-16(8-4)14-21-19(20)18(15-22)17(11-7-3)13-10-6-2;2*1-3-5-6-10(4-2)9-13-11(12)7-8-14;/h16-18,22H,5-15H2,1-4H3;2*10,14H,3-9H2,1-2H3;/q;;;+3/p-3. The monoisotopic (exact) mass is 883 g/mol. The summed E-state index contributed by atoms with van der Waals surface area (Å²) in [7, 11) is 5.85. The second kappa shape index (κ2) is 35.9. The van der Waals surface area contributed by atoms with Crippen LogP contribution in [-0.2, 0) is 28.6 Å². The third-order valence-electron chi connectivity index (χ3n) is 9.94. The summed E-state index contributed by atoms with van der Waals surface area (Å²) in [4.78, 5) is 39.3. The maximum absolute atomic E-state index is 13.8. The van der Waals surface area contributed by atoms with Crippen molar-refractivity contribution in [2.75, 3.05) is 37.1 Å². The van der Waals surface area contributed by atoms with E-state index in [1.54, 1.807) is 0 Å². The Labute approximate surface area is 330 Å². The molecule has 0 aliphatic heterocycles. The van der Waals surface area contributed by atoms with Gasteiger partial charge in [0, 0.05) is 0 Å². The van der Waals surface area contributed by atoms with Gasteiger partial charge in [-0.15, -0.1) is 0 Å². The van der Waals surface area contributed by atoms with E-state index in [4.69, 9.17) is 14.2 Å². The first-order valence-corrected chi connectivity index (χ1v) is 34.4. The molecule has 5 unspecified atom stereocenters. The molecule has 0 aromatic carbocycles. The van der Waals surface area contributed by atoms with Gasteiger partial charge in [0.2, 0.25) is 0 Å². The number of hydrogen-bond donors (Lipinski definition) is 0. The Hall–Kier alpha value is 0.259. The first kappa shape index (κ1) is 51.3. The molecule has 0 aromatic heterocycles. The van der Waals surface area contributed by atoms with Gasteiger partial charge in [0.25, 0.3) is 0 Å². The van der Waals surface area contributed by atoms with E-state index >= 15 is 0 Å². The zero-order valence-corrected chi connectivity index (χ0v) is 39.5. The third kappa shape index (κ3) is 27.5. The van der Waals surface area contributed by atoms with E-state index in [-0.39, 0.29) is 23.8 Å². The van der Waals surface area contributed by atoms with Crippen molar-refractivity contribution in [2.45, 2.75) is 177 Å². The Morgan fingerprint density at radius 3 is 1.31 bits per heavy atom. The molecule has 0 aliphatic carbocycles. The molecule has 0 saturated carbocycles. The van der Waals surface area contributed by atoms with Crippen LogP contribution in [0.15, 0.2) is 0 Å². The maximum atomic E-state index is 13.8. The number of hydrogen-bond acceptors (Lipinski definition) is 9. The van der Waals surface area contributed by atoms with Crippen molar-refractivity contribution in [3.05, 3.63) is 0 Å². The van der Waals surface area contributed by atoms with Crippen molar-refractivity contribution < 1.29 is 28.6 Å². The first-order valence-electron chi connectivity index (χ1n) is 21.0. The molecule has 0 aliphatic rings. The van der Waals surface area contributed by atoms with Gasteiger partial charge in [-0.3, -0.25) is 0 Å². The number of unbranched alkanes of at least 4 members (excludes halogenated alkanes) is 4. The number of carbonyl (C=O) groups excluding carboxylic acids is 3. The predicted molar refractivity (Wildman–Crippen MR) is 227 cm³/mol. The summed E-state index contributed by atoms with van der Waals surface area (Å²) in [5.74, 6) is 3.54. The SMILES string of the molecule is CCCCC(CC)COC(=O)CC[S][Sn]([S]CCC(=O)OCC(CC)CCCC)[S]CC(C(=O)OCC(CC)CCCC)C(CCC)CCCC. The Kier molecular flexibility index (Phi) is 36.1. The minimum atomic E-state index is -2.29. The average Bonchev–Trinajstić information content (AvgIpc) is 3.13. The fourth-order valence-corrected chi connectivity index (χ4v) is 31.8. The Balaban J connectivity index is 5.59. The molecule has 10 heteroatoms. The van der Waals surface area contributed by atoms with Crippen LogP contribution in [0.2, 0.25) is 0 Å². The van der Waals surface area contributed by atoms with E-state index in [0.717, 1.165) is 107 Å². The molecular weight excluding hydrogens is 803 g/mol. The van der Waals surface area contributed by atoms with Crippen LogP contribution < -0.4 is 0 Å². The molecule has 0 aromatic rings. The van der Waals surface area contributed by atoms with Gasteiger partial charge in [-0.1, -0.05) is 0 Å². The van der Waals surface area contributed by atoms with Gasteiger partial charge in [-0.2, -0.15) is 0 Å². The normalized spacial score (nSPS) is 14.5. The summed E-state index contributed by atoms with van der Waals surface area (Å²) in [6, 6.07) is 0. The quantitative estimate of drug-likeness (QED) is 0.0347. The number of ether oxygens (including phenoxy) is 3. The summed E-state index contributed by atoms with van der Waals surface area (Å²) in [5, 5.41) is 0. The van der Waals surface area contributed by atoms with Crippen molar-refractivity contribution >= 4 is 60.4 Å². The van der Waals surface area contributed by atoms with Crippen LogP contribution in [0.4, 0.5) is 0 Å². The van der Waals surface area contributed by atoms with Crippen LogP contribution in [0.1, 0.15) is 177 Å². The van der Waals surface area contributed by atoms with Gasteiger partial charge in [0.1, 0.15) is 0 Å². The summed E-state index contributed by atoms with van der Waals surface area (Å²) in [6.07, 6.45) is 19.7. The van der Waals surface area contributed by atoms with E-state index in [1.165, 1.54) is 19.3 Å². The van der Waals surface area contributed by atoms with Crippen LogP contribution in [0, 0.1) is 29.6 Å². The molecule has 51 heavy (non-hydrogen) atoms. The predicted octanol–water partition coefficient (Wildman–Crippen LogP) is 12.5. The van der Waals surface area contributed by atoms with Crippen LogP contribution in [0.3, 0.4) is 0 Å². The topological polar surface area (TPSA) is 78.9 Å². The molecule has 0 amide bonds. The van der Waals surface area contributed by atoms with E-state index < -0.39 is 15.6 Å². The molecule has 0 spiro atoms. The van der Waals surface area contributed by atoms with E-state index in [9.17, 15) is 14.4 Å². The van der Waals surface area contributed by atoms with Crippen LogP contribution in [0.25, 0.3) is 0 Å². The Bertz CT molecular complexity index is 812. The van der Waals surface area contributed by atoms with Crippen LogP contribution in [0.5, 0.6) is 0 Å². The van der Waals surface area contributed by atoms with Gasteiger partial charge >= 0.3 is 333 Å². The summed E-state index contributed by atoms with van der Waals surface area (Å²) >= 11 is -2.29. The van der Waals surface area contributed by atoms with Crippen molar-refractivity contribution in [2.24, 2.45) is 29.6 Å².